The van der Waals surface area contributed by atoms with Gasteiger partial charge in [-0.05, 0) is 24.6 Å². The maximum Gasteiger partial charge on any atom is 0.196 e. The molecular formula is C20H20ClN3O3S. The fourth-order valence-electron chi connectivity index (χ4n) is 2.97. The van der Waals surface area contributed by atoms with Crippen LogP contribution in [-0.2, 0) is 9.47 Å². The molecule has 0 amide bonds. The molecule has 0 bridgehead atoms. The van der Waals surface area contributed by atoms with Gasteiger partial charge in [-0.15, -0.1) is 10.2 Å². The highest BCUT2D eigenvalue weighted by molar-refractivity contribution is 7.99. The van der Waals surface area contributed by atoms with Crippen molar-refractivity contribution in [2.24, 2.45) is 0 Å². The zero-order chi connectivity index (χ0) is 19.3. The van der Waals surface area contributed by atoms with Gasteiger partial charge in [0.2, 0.25) is 0 Å². The first-order chi connectivity index (χ1) is 13.8. The molecule has 8 heteroatoms. The van der Waals surface area contributed by atoms with Crippen molar-refractivity contribution in [2.75, 3.05) is 26.3 Å². The molecule has 1 fully saturated rings. The zero-order valence-corrected chi connectivity index (χ0v) is 16.9. The number of rotatable bonds is 6. The lowest BCUT2D eigenvalue weighted by Gasteiger charge is -2.22. The Bertz CT molecular complexity index is 930. The molecule has 1 aliphatic rings. The number of methoxy groups -OCH3 is 1. The normalized spacial score (nSPS) is 16.9. The number of ether oxygens (including phenoxy) is 3. The van der Waals surface area contributed by atoms with Crippen molar-refractivity contribution in [3.63, 3.8) is 0 Å². The van der Waals surface area contributed by atoms with E-state index in [0.29, 0.717) is 17.6 Å². The van der Waals surface area contributed by atoms with Crippen LogP contribution in [0.2, 0.25) is 5.02 Å². The number of thioether (sulfide) groups is 1. The second-order valence-electron chi connectivity index (χ2n) is 6.24. The number of hydrogen-bond donors (Lipinski definition) is 0. The maximum atomic E-state index is 6.38. The Morgan fingerprint density at radius 3 is 2.79 bits per heavy atom. The topological polar surface area (TPSA) is 58.4 Å². The average molecular weight is 418 g/mol. The molecule has 2 heterocycles. The summed E-state index contributed by atoms with van der Waals surface area (Å²) in [6.07, 6.45) is 1.02. The molecule has 1 unspecified atom stereocenters. The molecule has 0 spiro atoms. The van der Waals surface area contributed by atoms with Gasteiger partial charge < -0.3 is 14.2 Å². The van der Waals surface area contributed by atoms with Crippen LogP contribution in [0.5, 0.6) is 5.75 Å². The van der Waals surface area contributed by atoms with Gasteiger partial charge in [-0.25, -0.2) is 0 Å². The smallest absolute Gasteiger partial charge is 0.196 e. The van der Waals surface area contributed by atoms with Crippen LogP contribution in [0.15, 0.2) is 53.7 Å². The molecule has 0 N–H and O–H groups in total. The van der Waals surface area contributed by atoms with Gasteiger partial charge in [0, 0.05) is 11.3 Å². The van der Waals surface area contributed by atoms with Gasteiger partial charge in [0.1, 0.15) is 12.5 Å². The number of nitrogens with zero attached hydrogens (tertiary/aromatic N) is 3. The molecular weight excluding hydrogens is 398 g/mol. The Hall–Kier alpha value is -2.06. The first-order valence-electron chi connectivity index (χ1n) is 8.93. The van der Waals surface area contributed by atoms with E-state index in [1.54, 1.807) is 18.9 Å². The highest BCUT2D eigenvalue weighted by Crippen LogP contribution is 2.32. The molecule has 28 heavy (non-hydrogen) atoms. The highest BCUT2D eigenvalue weighted by Gasteiger charge is 2.20. The first-order valence-corrected chi connectivity index (χ1v) is 10.3. The SMILES string of the molecule is COc1ccc(-n2c(SCC3CCOCO3)nnc2-c2ccccc2)cc1Cl. The minimum Gasteiger partial charge on any atom is -0.495 e. The highest BCUT2D eigenvalue weighted by atomic mass is 35.5. The van der Waals surface area contributed by atoms with Crippen LogP contribution in [0, 0.1) is 0 Å². The third-order valence-corrected chi connectivity index (χ3v) is 5.78. The Labute approximate surface area is 172 Å². The monoisotopic (exact) mass is 417 g/mol. The van der Waals surface area contributed by atoms with Crippen LogP contribution >= 0.6 is 23.4 Å². The molecule has 0 aliphatic carbocycles. The Balaban J connectivity index is 1.70. The van der Waals surface area contributed by atoms with E-state index in [0.717, 1.165) is 41.0 Å². The molecule has 1 aromatic heterocycles. The molecule has 146 valence electrons. The standard InChI is InChI=1S/C20H20ClN3O3S/c1-25-18-8-7-15(11-17(18)21)24-19(14-5-3-2-4-6-14)22-23-20(24)28-12-16-9-10-26-13-27-16/h2-8,11,16H,9-10,12-13H2,1H3. The van der Waals surface area contributed by atoms with Crippen LogP contribution < -0.4 is 4.74 Å². The molecule has 0 radical (unpaired) electrons. The maximum absolute atomic E-state index is 6.38. The Morgan fingerprint density at radius 1 is 1.21 bits per heavy atom. The Morgan fingerprint density at radius 2 is 2.07 bits per heavy atom. The van der Waals surface area contributed by atoms with Crippen molar-refractivity contribution in [3.8, 4) is 22.8 Å². The number of halogens is 1. The predicted molar refractivity (Wildman–Crippen MR) is 109 cm³/mol. The summed E-state index contributed by atoms with van der Waals surface area (Å²) in [4.78, 5) is 0. The minimum absolute atomic E-state index is 0.142. The van der Waals surface area contributed by atoms with E-state index in [2.05, 4.69) is 10.2 Å². The molecule has 6 nitrogen and oxygen atoms in total. The molecule has 1 atom stereocenters. The van der Waals surface area contributed by atoms with Gasteiger partial charge in [-0.3, -0.25) is 4.57 Å². The van der Waals surface area contributed by atoms with Crippen molar-refractivity contribution >= 4 is 23.4 Å². The first kappa shape index (κ1) is 19.3. The van der Waals surface area contributed by atoms with Gasteiger partial charge in [0.05, 0.1) is 30.5 Å². The lowest BCUT2D eigenvalue weighted by molar-refractivity contribution is -0.130. The zero-order valence-electron chi connectivity index (χ0n) is 15.4. The summed E-state index contributed by atoms with van der Waals surface area (Å²) in [5, 5.41) is 10.2. The quantitative estimate of drug-likeness (QED) is 0.552. The van der Waals surface area contributed by atoms with Crippen LogP contribution in [0.25, 0.3) is 17.1 Å². The number of aromatic nitrogens is 3. The Kier molecular flexibility index (Phi) is 6.17. The van der Waals surface area contributed by atoms with Gasteiger partial charge in [0.15, 0.2) is 11.0 Å². The number of benzene rings is 2. The fraction of sp³-hybridized carbons (Fsp3) is 0.300. The molecule has 1 aliphatic heterocycles. The molecule has 3 aromatic rings. The molecule has 0 saturated carbocycles. The summed E-state index contributed by atoms with van der Waals surface area (Å²) in [5.74, 6) is 2.17. The summed E-state index contributed by atoms with van der Waals surface area (Å²) in [6.45, 7) is 1.07. The summed E-state index contributed by atoms with van der Waals surface area (Å²) >= 11 is 7.99. The fourth-order valence-corrected chi connectivity index (χ4v) is 4.23. The van der Waals surface area contributed by atoms with Crippen LogP contribution in [-0.4, -0.2) is 47.1 Å². The van der Waals surface area contributed by atoms with E-state index in [1.807, 2.05) is 53.1 Å². The summed E-state index contributed by atoms with van der Waals surface area (Å²) in [6, 6.07) is 15.6. The average Bonchev–Trinajstić information content (AvgIpc) is 3.17. The van der Waals surface area contributed by atoms with Crippen molar-refractivity contribution < 1.29 is 14.2 Å². The van der Waals surface area contributed by atoms with Crippen molar-refractivity contribution in [1.29, 1.82) is 0 Å². The van der Waals surface area contributed by atoms with Gasteiger partial charge >= 0.3 is 0 Å². The van der Waals surface area contributed by atoms with Gasteiger partial charge in [-0.1, -0.05) is 53.7 Å². The van der Waals surface area contributed by atoms with E-state index in [1.165, 1.54) is 0 Å². The second-order valence-corrected chi connectivity index (χ2v) is 7.64. The van der Waals surface area contributed by atoms with E-state index in [9.17, 15) is 0 Å². The summed E-state index contributed by atoms with van der Waals surface area (Å²) in [7, 11) is 1.60. The minimum atomic E-state index is 0.142. The summed E-state index contributed by atoms with van der Waals surface area (Å²) in [5.41, 5.74) is 1.86. The third-order valence-electron chi connectivity index (χ3n) is 4.43. The van der Waals surface area contributed by atoms with Crippen molar-refractivity contribution in [1.82, 2.24) is 14.8 Å². The summed E-state index contributed by atoms with van der Waals surface area (Å²) < 4.78 is 18.2. The van der Waals surface area contributed by atoms with Gasteiger partial charge in [-0.2, -0.15) is 0 Å². The van der Waals surface area contributed by atoms with Crippen molar-refractivity contribution in [3.05, 3.63) is 53.6 Å². The third kappa shape index (κ3) is 4.17. The number of hydrogen-bond acceptors (Lipinski definition) is 6. The molecule has 1 saturated heterocycles. The van der Waals surface area contributed by atoms with E-state index >= 15 is 0 Å². The molecule has 4 rings (SSSR count). The lowest BCUT2D eigenvalue weighted by atomic mass is 10.2. The van der Waals surface area contributed by atoms with Crippen LogP contribution in [0.1, 0.15) is 6.42 Å². The lowest BCUT2D eigenvalue weighted by Crippen LogP contribution is -2.25. The second kappa shape index (κ2) is 8.96. The predicted octanol–water partition coefficient (Wildman–Crippen LogP) is 4.45. The largest absolute Gasteiger partial charge is 0.495 e. The van der Waals surface area contributed by atoms with E-state index < -0.39 is 0 Å². The van der Waals surface area contributed by atoms with Crippen LogP contribution in [0.3, 0.4) is 0 Å². The molecule has 2 aromatic carbocycles. The van der Waals surface area contributed by atoms with Crippen LogP contribution in [0.4, 0.5) is 0 Å². The van der Waals surface area contributed by atoms with E-state index in [-0.39, 0.29) is 6.10 Å². The van der Waals surface area contributed by atoms with Gasteiger partial charge in [0.25, 0.3) is 0 Å². The van der Waals surface area contributed by atoms with E-state index in [4.69, 9.17) is 25.8 Å². The van der Waals surface area contributed by atoms with Crippen molar-refractivity contribution in [2.45, 2.75) is 17.7 Å².